The molecule has 1 amide bonds. The van der Waals surface area contributed by atoms with Crippen LogP contribution in [0.5, 0.6) is 0 Å². The van der Waals surface area contributed by atoms with Crippen LogP contribution >= 0.6 is 11.6 Å². The first kappa shape index (κ1) is 18.2. The number of amides is 1. The number of benzene rings is 1. The molecule has 2 unspecified atom stereocenters. The van der Waals surface area contributed by atoms with Crippen molar-refractivity contribution in [1.82, 2.24) is 5.32 Å². The molecule has 1 rings (SSSR count). The van der Waals surface area contributed by atoms with E-state index in [4.69, 9.17) is 21.6 Å². The number of aliphatic hydroxyl groups excluding tert-OH is 2. The zero-order valence-electron chi connectivity index (χ0n) is 12.6. The average Bonchev–Trinajstić information content (AvgIpc) is 2.42. The SMILES string of the molecule is CC(C)(C)OC(=O)NCC(O)C(O)c1cc(Cl)ccc1C#N. The molecular formula is C15H19ClN2O4. The summed E-state index contributed by atoms with van der Waals surface area (Å²) in [7, 11) is 0. The van der Waals surface area contributed by atoms with E-state index in [2.05, 4.69) is 5.32 Å². The zero-order valence-corrected chi connectivity index (χ0v) is 13.4. The molecule has 7 heteroatoms. The molecule has 1 aromatic carbocycles. The van der Waals surface area contributed by atoms with E-state index in [1.807, 2.05) is 6.07 Å². The van der Waals surface area contributed by atoms with Gasteiger partial charge in [0.25, 0.3) is 0 Å². The standard InChI is InChI=1S/C15H19ClN2O4/c1-15(2,3)22-14(21)18-8-12(19)13(20)11-6-10(16)5-4-9(11)7-17/h4-6,12-13,19-20H,8H2,1-3H3,(H,18,21). The van der Waals surface area contributed by atoms with Crippen LogP contribution in [0.3, 0.4) is 0 Å². The lowest BCUT2D eigenvalue weighted by Crippen LogP contribution is -2.39. The van der Waals surface area contributed by atoms with E-state index < -0.39 is 23.9 Å². The fourth-order valence-electron chi connectivity index (χ4n) is 1.70. The Morgan fingerprint density at radius 2 is 2.09 bits per heavy atom. The van der Waals surface area contributed by atoms with Gasteiger partial charge in [0.1, 0.15) is 17.8 Å². The fourth-order valence-corrected chi connectivity index (χ4v) is 1.88. The van der Waals surface area contributed by atoms with Gasteiger partial charge in [0.2, 0.25) is 0 Å². The average molecular weight is 327 g/mol. The summed E-state index contributed by atoms with van der Waals surface area (Å²) >= 11 is 5.83. The van der Waals surface area contributed by atoms with Crippen molar-refractivity contribution in [2.24, 2.45) is 0 Å². The van der Waals surface area contributed by atoms with Crippen LogP contribution < -0.4 is 5.32 Å². The first-order valence-corrected chi connectivity index (χ1v) is 7.04. The smallest absolute Gasteiger partial charge is 0.407 e. The van der Waals surface area contributed by atoms with Gasteiger partial charge in [-0.2, -0.15) is 5.26 Å². The number of aliphatic hydroxyl groups is 2. The summed E-state index contributed by atoms with van der Waals surface area (Å²) in [5.41, 5.74) is -0.254. The molecule has 120 valence electrons. The first-order chi connectivity index (χ1) is 10.1. The Bertz CT molecular complexity index is 578. The number of nitriles is 1. The number of nitrogens with one attached hydrogen (secondary N) is 1. The fraction of sp³-hybridized carbons (Fsp3) is 0.467. The lowest BCUT2D eigenvalue weighted by Gasteiger charge is -2.22. The topological polar surface area (TPSA) is 103 Å². The molecule has 2 atom stereocenters. The monoisotopic (exact) mass is 326 g/mol. The second-order valence-corrected chi connectivity index (χ2v) is 6.17. The predicted octanol–water partition coefficient (Wildman–Crippen LogP) is 2.13. The van der Waals surface area contributed by atoms with E-state index >= 15 is 0 Å². The molecule has 0 saturated carbocycles. The number of nitrogens with zero attached hydrogens (tertiary/aromatic N) is 1. The number of halogens is 1. The van der Waals surface area contributed by atoms with Gasteiger partial charge < -0.3 is 20.3 Å². The highest BCUT2D eigenvalue weighted by Gasteiger charge is 2.23. The third-order valence-corrected chi connectivity index (χ3v) is 2.91. The molecule has 0 spiro atoms. The van der Waals surface area contributed by atoms with Crippen LogP contribution in [0.4, 0.5) is 4.79 Å². The van der Waals surface area contributed by atoms with E-state index in [-0.39, 0.29) is 17.7 Å². The highest BCUT2D eigenvalue weighted by molar-refractivity contribution is 6.30. The van der Waals surface area contributed by atoms with Crippen molar-refractivity contribution in [3.05, 3.63) is 34.3 Å². The van der Waals surface area contributed by atoms with E-state index in [0.29, 0.717) is 5.02 Å². The molecule has 0 saturated heterocycles. The summed E-state index contributed by atoms with van der Waals surface area (Å²) in [6.07, 6.45) is -3.37. The minimum absolute atomic E-state index is 0.202. The second-order valence-electron chi connectivity index (χ2n) is 5.74. The lowest BCUT2D eigenvalue weighted by molar-refractivity contribution is 0.0128. The second kappa shape index (κ2) is 7.45. The largest absolute Gasteiger partial charge is 0.444 e. The van der Waals surface area contributed by atoms with Crippen LogP contribution in [0.2, 0.25) is 5.02 Å². The predicted molar refractivity (Wildman–Crippen MR) is 81.4 cm³/mol. The van der Waals surface area contributed by atoms with Crippen LogP contribution in [-0.4, -0.2) is 34.6 Å². The van der Waals surface area contributed by atoms with Gasteiger partial charge in [-0.05, 0) is 39.0 Å². The number of carbonyl (C=O) groups is 1. The summed E-state index contributed by atoms with van der Waals surface area (Å²) in [4.78, 5) is 11.5. The number of hydrogen-bond acceptors (Lipinski definition) is 5. The normalized spacial score (nSPS) is 13.9. The third kappa shape index (κ3) is 5.53. The maximum Gasteiger partial charge on any atom is 0.407 e. The molecule has 0 radical (unpaired) electrons. The molecule has 0 heterocycles. The van der Waals surface area contributed by atoms with Crippen molar-refractivity contribution in [3.8, 4) is 6.07 Å². The minimum Gasteiger partial charge on any atom is -0.444 e. The molecule has 0 fully saturated rings. The van der Waals surface area contributed by atoms with E-state index in [0.717, 1.165) is 0 Å². The lowest BCUT2D eigenvalue weighted by atomic mass is 9.99. The van der Waals surface area contributed by atoms with Gasteiger partial charge >= 0.3 is 6.09 Å². The minimum atomic E-state index is -1.36. The summed E-state index contributed by atoms with van der Waals surface area (Å²) < 4.78 is 5.02. The number of rotatable bonds is 4. The molecule has 22 heavy (non-hydrogen) atoms. The van der Waals surface area contributed by atoms with Crippen molar-refractivity contribution in [3.63, 3.8) is 0 Å². The van der Waals surface area contributed by atoms with Crippen LogP contribution in [0.15, 0.2) is 18.2 Å². The molecule has 1 aromatic rings. The molecule has 0 aliphatic heterocycles. The molecule has 0 aliphatic rings. The van der Waals surface area contributed by atoms with Crippen molar-refractivity contribution in [2.75, 3.05) is 6.54 Å². The quantitative estimate of drug-likeness (QED) is 0.786. The van der Waals surface area contributed by atoms with Gasteiger partial charge in [-0.3, -0.25) is 0 Å². The van der Waals surface area contributed by atoms with E-state index in [1.54, 1.807) is 20.8 Å². The van der Waals surface area contributed by atoms with Crippen molar-refractivity contribution in [2.45, 2.75) is 38.6 Å². The van der Waals surface area contributed by atoms with Crippen molar-refractivity contribution < 1.29 is 19.7 Å². The van der Waals surface area contributed by atoms with E-state index in [9.17, 15) is 15.0 Å². The van der Waals surface area contributed by atoms with Gasteiger partial charge in [-0.1, -0.05) is 11.6 Å². The number of hydrogen-bond donors (Lipinski definition) is 3. The Balaban J connectivity index is 2.70. The van der Waals surface area contributed by atoms with Crippen molar-refractivity contribution in [1.29, 1.82) is 5.26 Å². The maximum absolute atomic E-state index is 11.5. The number of alkyl carbamates (subject to hydrolysis) is 1. The van der Waals surface area contributed by atoms with Gasteiger partial charge in [-0.25, -0.2) is 4.79 Å². The van der Waals surface area contributed by atoms with E-state index in [1.165, 1.54) is 18.2 Å². The summed E-state index contributed by atoms with van der Waals surface area (Å²) in [5, 5.41) is 31.8. The Hall–Kier alpha value is -1.81. The molecular weight excluding hydrogens is 308 g/mol. The Morgan fingerprint density at radius 1 is 1.45 bits per heavy atom. The zero-order chi connectivity index (χ0) is 16.9. The van der Waals surface area contributed by atoms with Gasteiger partial charge in [-0.15, -0.1) is 0 Å². The van der Waals surface area contributed by atoms with Gasteiger partial charge in [0.05, 0.1) is 11.6 Å². The third-order valence-electron chi connectivity index (χ3n) is 2.67. The summed E-state index contributed by atoms with van der Waals surface area (Å²) in [6.45, 7) is 4.91. The summed E-state index contributed by atoms with van der Waals surface area (Å²) in [6, 6.07) is 6.29. The Labute approximate surface area is 134 Å². The Kier molecular flexibility index (Phi) is 6.18. The molecule has 0 bridgehead atoms. The van der Waals surface area contributed by atoms with Crippen molar-refractivity contribution >= 4 is 17.7 Å². The highest BCUT2D eigenvalue weighted by Crippen LogP contribution is 2.24. The van der Waals surface area contributed by atoms with Crippen LogP contribution in [0.25, 0.3) is 0 Å². The highest BCUT2D eigenvalue weighted by atomic mass is 35.5. The summed E-state index contributed by atoms with van der Waals surface area (Å²) in [5.74, 6) is 0. The van der Waals surface area contributed by atoms with Crippen LogP contribution in [0.1, 0.15) is 38.0 Å². The van der Waals surface area contributed by atoms with Crippen LogP contribution in [-0.2, 0) is 4.74 Å². The van der Waals surface area contributed by atoms with Crippen LogP contribution in [0, 0.1) is 11.3 Å². The molecule has 0 aromatic heterocycles. The maximum atomic E-state index is 11.5. The van der Waals surface area contributed by atoms with Gasteiger partial charge in [0, 0.05) is 17.1 Å². The van der Waals surface area contributed by atoms with Gasteiger partial charge in [0.15, 0.2) is 0 Å². The molecule has 6 nitrogen and oxygen atoms in total. The first-order valence-electron chi connectivity index (χ1n) is 6.66. The number of ether oxygens (including phenoxy) is 1. The number of carbonyl (C=O) groups excluding carboxylic acids is 1. The Morgan fingerprint density at radius 3 is 2.64 bits per heavy atom. The molecule has 0 aliphatic carbocycles. The molecule has 3 N–H and O–H groups in total.